The Morgan fingerprint density at radius 1 is 0.971 bits per heavy atom. The maximum atomic E-state index is 13.2. The number of carbonyl (C=O) groups is 2. The van der Waals surface area contributed by atoms with Crippen LogP contribution in [-0.2, 0) is 16.0 Å². The largest absolute Gasteiger partial charge is 0.494 e. The Balaban J connectivity index is 1.26. The Morgan fingerprint density at radius 2 is 1.76 bits per heavy atom. The third kappa shape index (κ3) is 6.21. The number of ether oxygens (including phenoxy) is 1. The first-order chi connectivity index (χ1) is 16.7. The molecule has 0 radical (unpaired) electrons. The van der Waals surface area contributed by atoms with Gasteiger partial charge in [-0.25, -0.2) is 4.90 Å². The average Bonchev–Trinajstić information content (AvgIpc) is 3.17. The summed E-state index contributed by atoms with van der Waals surface area (Å²) in [6, 6.07) is 13.0. The molecule has 1 aromatic heterocycles. The van der Waals surface area contributed by atoms with Crippen molar-refractivity contribution in [1.82, 2.24) is 14.8 Å². The van der Waals surface area contributed by atoms with Crippen LogP contribution in [0.3, 0.4) is 0 Å². The summed E-state index contributed by atoms with van der Waals surface area (Å²) in [6.45, 7) is 7.23. The van der Waals surface area contributed by atoms with Crippen molar-refractivity contribution in [2.45, 2.75) is 51.5 Å². The van der Waals surface area contributed by atoms with E-state index in [1.165, 1.54) is 24.2 Å². The van der Waals surface area contributed by atoms with Gasteiger partial charge in [0.25, 0.3) is 5.91 Å². The average molecular weight is 465 g/mol. The summed E-state index contributed by atoms with van der Waals surface area (Å²) in [5, 5.41) is 0. The fourth-order valence-corrected chi connectivity index (χ4v) is 4.70. The third-order valence-electron chi connectivity index (χ3n) is 6.74. The van der Waals surface area contributed by atoms with Gasteiger partial charge < -0.3 is 9.64 Å². The molecule has 1 atom stereocenters. The molecule has 3 heterocycles. The molecule has 34 heavy (non-hydrogen) atoms. The highest BCUT2D eigenvalue weighted by Gasteiger charge is 2.43. The lowest BCUT2D eigenvalue weighted by Crippen LogP contribution is -2.52. The molecule has 2 aliphatic heterocycles. The zero-order chi connectivity index (χ0) is 23.8. The summed E-state index contributed by atoms with van der Waals surface area (Å²) in [5.74, 6) is 0.540. The molecule has 0 N–H and O–H groups in total. The van der Waals surface area contributed by atoms with Crippen molar-refractivity contribution in [3.63, 3.8) is 0 Å². The number of hydrogen-bond acceptors (Lipinski definition) is 6. The number of nitrogens with zero attached hydrogens (tertiary/aromatic N) is 4. The minimum absolute atomic E-state index is 0.111. The van der Waals surface area contributed by atoms with Crippen LogP contribution in [0.1, 0.15) is 44.7 Å². The Morgan fingerprint density at radius 3 is 2.47 bits per heavy atom. The lowest BCUT2D eigenvalue weighted by Gasteiger charge is -2.37. The van der Waals surface area contributed by atoms with Crippen molar-refractivity contribution in [3.05, 3.63) is 54.4 Å². The van der Waals surface area contributed by atoms with Gasteiger partial charge in [-0.2, -0.15) is 0 Å². The van der Waals surface area contributed by atoms with Crippen molar-refractivity contribution in [2.24, 2.45) is 0 Å². The second-order valence-corrected chi connectivity index (χ2v) is 9.14. The number of benzene rings is 1. The first-order valence-corrected chi connectivity index (χ1v) is 12.6. The Labute approximate surface area is 202 Å². The van der Waals surface area contributed by atoms with Crippen molar-refractivity contribution in [2.75, 3.05) is 44.2 Å². The molecule has 2 saturated heterocycles. The van der Waals surface area contributed by atoms with E-state index in [0.717, 1.165) is 57.0 Å². The first-order valence-electron chi connectivity index (χ1n) is 12.6. The molecule has 0 saturated carbocycles. The number of piperazine rings is 1. The molecule has 4 rings (SSSR count). The Bertz CT molecular complexity index is 927. The Hall–Kier alpha value is -2.77. The van der Waals surface area contributed by atoms with Crippen LogP contribution in [0.25, 0.3) is 0 Å². The summed E-state index contributed by atoms with van der Waals surface area (Å²) in [4.78, 5) is 36.2. The van der Waals surface area contributed by atoms with Crippen molar-refractivity contribution >= 4 is 17.5 Å². The molecular formula is C27H36N4O3. The number of unbranched alkanes of at least 4 members (excludes halogenated alkanes) is 3. The zero-order valence-corrected chi connectivity index (χ0v) is 20.2. The highest BCUT2D eigenvalue weighted by atomic mass is 16.5. The fraction of sp³-hybridized carbons (Fsp3) is 0.519. The molecule has 0 aliphatic carbocycles. The lowest BCUT2D eigenvalue weighted by molar-refractivity contribution is -0.123. The maximum absolute atomic E-state index is 13.2. The van der Waals surface area contributed by atoms with Gasteiger partial charge in [0.2, 0.25) is 5.91 Å². The highest BCUT2D eigenvalue weighted by molar-refractivity contribution is 6.22. The molecule has 1 unspecified atom stereocenters. The zero-order valence-electron chi connectivity index (χ0n) is 20.2. The maximum Gasteiger partial charge on any atom is 0.251 e. The van der Waals surface area contributed by atoms with Crippen LogP contribution < -0.4 is 9.64 Å². The molecule has 0 spiro atoms. The quantitative estimate of drug-likeness (QED) is 0.374. The standard InChI is InChI=1S/C27H36N4O3/c1-2-3-4-7-20-34-24-11-9-23(10-12-24)31-26(32)21-25(27(31)33)30-18-16-29(17-19-30)15-13-22-8-5-6-14-28-22/h5-6,8-12,14,25H,2-4,7,13,15-21H2,1H3. The van der Waals surface area contributed by atoms with Crippen LogP contribution >= 0.6 is 0 Å². The SMILES string of the molecule is CCCCCCOc1ccc(N2C(=O)CC(N3CCN(CCc4ccccn4)CC3)C2=O)cc1. The highest BCUT2D eigenvalue weighted by Crippen LogP contribution is 2.28. The number of pyridine rings is 1. The van der Waals surface area contributed by atoms with E-state index in [1.54, 1.807) is 0 Å². The van der Waals surface area contributed by atoms with E-state index in [-0.39, 0.29) is 24.3 Å². The number of hydrogen-bond donors (Lipinski definition) is 0. The van der Waals surface area contributed by atoms with Gasteiger partial charge in [-0.15, -0.1) is 0 Å². The van der Waals surface area contributed by atoms with Crippen molar-refractivity contribution in [1.29, 1.82) is 0 Å². The van der Waals surface area contributed by atoms with E-state index in [0.29, 0.717) is 12.3 Å². The number of carbonyl (C=O) groups excluding carboxylic acids is 2. The lowest BCUT2D eigenvalue weighted by atomic mass is 10.1. The van der Waals surface area contributed by atoms with Crippen LogP contribution in [-0.4, -0.2) is 72.0 Å². The van der Waals surface area contributed by atoms with Gasteiger partial charge in [0.15, 0.2) is 0 Å². The molecule has 7 nitrogen and oxygen atoms in total. The molecule has 1 aromatic carbocycles. The Kier molecular flexibility index (Phi) is 8.66. The van der Waals surface area contributed by atoms with E-state index >= 15 is 0 Å². The van der Waals surface area contributed by atoms with Crippen LogP contribution in [0.15, 0.2) is 48.7 Å². The minimum Gasteiger partial charge on any atom is -0.494 e. The molecule has 7 heteroatoms. The van der Waals surface area contributed by atoms with Crippen molar-refractivity contribution in [3.8, 4) is 5.75 Å². The summed E-state index contributed by atoms with van der Waals surface area (Å²) in [5.41, 5.74) is 1.73. The third-order valence-corrected chi connectivity index (χ3v) is 6.74. The molecule has 182 valence electrons. The van der Waals surface area contributed by atoms with Gasteiger partial charge >= 0.3 is 0 Å². The van der Waals surface area contributed by atoms with Gasteiger partial charge in [-0.1, -0.05) is 32.3 Å². The second kappa shape index (κ2) is 12.1. The number of anilines is 1. The van der Waals surface area contributed by atoms with E-state index in [4.69, 9.17) is 4.74 Å². The van der Waals surface area contributed by atoms with Crippen LogP contribution in [0.2, 0.25) is 0 Å². The first kappa shape index (κ1) is 24.4. The van der Waals surface area contributed by atoms with E-state index in [2.05, 4.69) is 27.8 Å². The van der Waals surface area contributed by atoms with Gasteiger partial charge in [-0.05, 0) is 42.8 Å². The summed E-state index contributed by atoms with van der Waals surface area (Å²) in [6.07, 6.45) is 7.65. The summed E-state index contributed by atoms with van der Waals surface area (Å²) < 4.78 is 5.79. The van der Waals surface area contributed by atoms with Crippen LogP contribution in [0.4, 0.5) is 5.69 Å². The molecule has 2 aliphatic rings. The van der Waals surface area contributed by atoms with E-state index < -0.39 is 0 Å². The van der Waals surface area contributed by atoms with Gasteiger partial charge in [0.05, 0.1) is 24.8 Å². The summed E-state index contributed by atoms with van der Waals surface area (Å²) >= 11 is 0. The molecule has 2 fully saturated rings. The van der Waals surface area contributed by atoms with Gasteiger partial charge in [0, 0.05) is 51.0 Å². The predicted molar refractivity (Wildman–Crippen MR) is 133 cm³/mol. The fourth-order valence-electron chi connectivity index (χ4n) is 4.70. The van der Waals surface area contributed by atoms with Crippen molar-refractivity contribution < 1.29 is 14.3 Å². The smallest absolute Gasteiger partial charge is 0.251 e. The summed E-state index contributed by atoms with van der Waals surface area (Å²) in [7, 11) is 0. The molecule has 2 aromatic rings. The number of aromatic nitrogens is 1. The van der Waals surface area contributed by atoms with Gasteiger partial charge in [0.1, 0.15) is 5.75 Å². The van der Waals surface area contributed by atoms with Gasteiger partial charge in [-0.3, -0.25) is 19.5 Å². The molecule has 2 amide bonds. The number of imide groups is 1. The second-order valence-electron chi connectivity index (χ2n) is 9.14. The monoisotopic (exact) mass is 464 g/mol. The van der Waals surface area contributed by atoms with Crippen LogP contribution in [0, 0.1) is 0 Å². The number of amides is 2. The topological polar surface area (TPSA) is 66.0 Å². The predicted octanol–water partition coefficient (Wildman–Crippen LogP) is 3.53. The minimum atomic E-state index is -0.361. The molecular weight excluding hydrogens is 428 g/mol. The van der Waals surface area contributed by atoms with E-state index in [9.17, 15) is 9.59 Å². The van der Waals surface area contributed by atoms with Crippen LogP contribution in [0.5, 0.6) is 5.75 Å². The van der Waals surface area contributed by atoms with E-state index in [1.807, 2.05) is 42.6 Å². The normalized spacial score (nSPS) is 19.7. The molecule has 0 bridgehead atoms. The number of rotatable bonds is 11.